The standard InChI is InChI=1S/C14H18ClFN2O2S/c15-13-2-1-10(17)5-14(13)21(19,20)12-6-11(7-12)18-4-3-9(16)8-18/h1-2,5,9,11-12H,3-4,6-8,17H2/t9-,11?,12?/m1/s1. The minimum atomic E-state index is -3.46. The third-order valence-corrected chi connectivity index (χ3v) is 7.10. The van der Waals surface area contributed by atoms with E-state index in [1.165, 1.54) is 12.1 Å². The molecular weight excluding hydrogens is 315 g/mol. The van der Waals surface area contributed by atoms with E-state index >= 15 is 0 Å². The van der Waals surface area contributed by atoms with E-state index in [0.29, 0.717) is 31.5 Å². The second kappa shape index (κ2) is 5.41. The van der Waals surface area contributed by atoms with Crippen LogP contribution in [0, 0.1) is 0 Å². The third kappa shape index (κ3) is 2.76. The van der Waals surface area contributed by atoms with Crippen LogP contribution in [0.4, 0.5) is 10.1 Å². The average Bonchev–Trinajstić information content (AvgIpc) is 2.76. The predicted octanol–water partition coefficient (Wildman–Crippen LogP) is 2.27. The summed E-state index contributed by atoms with van der Waals surface area (Å²) in [7, 11) is -3.46. The maximum atomic E-state index is 13.2. The summed E-state index contributed by atoms with van der Waals surface area (Å²) in [5.74, 6) is 0. The van der Waals surface area contributed by atoms with Crippen molar-refractivity contribution in [3.05, 3.63) is 23.2 Å². The number of likely N-dealkylation sites (tertiary alicyclic amines) is 1. The molecule has 1 aliphatic heterocycles. The summed E-state index contributed by atoms with van der Waals surface area (Å²) >= 11 is 5.99. The lowest BCUT2D eigenvalue weighted by Gasteiger charge is -2.40. The van der Waals surface area contributed by atoms with Crippen LogP contribution in [0.3, 0.4) is 0 Å². The maximum absolute atomic E-state index is 13.2. The second-order valence-electron chi connectivity index (χ2n) is 5.86. The van der Waals surface area contributed by atoms with Gasteiger partial charge in [0.2, 0.25) is 0 Å². The fourth-order valence-corrected chi connectivity index (χ4v) is 5.47. The summed E-state index contributed by atoms with van der Waals surface area (Å²) in [6, 6.07) is 4.67. The molecule has 116 valence electrons. The summed E-state index contributed by atoms with van der Waals surface area (Å²) in [4.78, 5) is 2.16. The van der Waals surface area contributed by atoms with E-state index in [-0.39, 0.29) is 16.0 Å². The van der Waals surface area contributed by atoms with E-state index in [0.717, 1.165) is 6.54 Å². The Morgan fingerprint density at radius 2 is 2.05 bits per heavy atom. The third-order valence-electron chi connectivity index (χ3n) is 4.45. The zero-order valence-electron chi connectivity index (χ0n) is 11.5. The molecule has 1 saturated carbocycles. The molecule has 0 radical (unpaired) electrons. The monoisotopic (exact) mass is 332 g/mol. The van der Waals surface area contributed by atoms with Crippen LogP contribution in [0.2, 0.25) is 5.02 Å². The van der Waals surface area contributed by atoms with Crippen molar-refractivity contribution >= 4 is 27.1 Å². The number of halogens is 2. The van der Waals surface area contributed by atoms with Crippen LogP contribution in [-0.2, 0) is 9.84 Å². The van der Waals surface area contributed by atoms with E-state index in [2.05, 4.69) is 4.90 Å². The van der Waals surface area contributed by atoms with E-state index in [4.69, 9.17) is 17.3 Å². The van der Waals surface area contributed by atoms with Gasteiger partial charge in [-0.15, -0.1) is 0 Å². The topological polar surface area (TPSA) is 63.4 Å². The number of nitrogens with zero attached hydrogens (tertiary/aromatic N) is 1. The molecule has 1 aromatic carbocycles. The van der Waals surface area contributed by atoms with Gasteiger partial charge in [-0.3, -0.25) is 4.90 Å². The van der Waals surface area contributed by atoms with Crippen molar-refractivity contribution in [1.29, 1.82) is 0 Å². The van der Waals surface area contributed by atoms with Crippen LogP contribution in [0.15, 0.2) is 23.1 Å². The van der Waals surface area contributed by atoms with Gasteiger partial charge in [-0.2, -0.15) is 0 Å². The number of nitrogens with two attached hydrogens (primary N) is 1. The van der Waals surface area contributed by atoms with Crippen LogP contribution in [0.25, 0.3) is 0 Å². The Hall–Kier alpha value is -0.850. The largest absolute Gasteiger partial charge is 0.399 e. The first kappa shape index (κ1) is 15.1. The molecule has 1 atom stereocenters. The van der Waals surface area contributed by atoms with Crippen molar-refractivity contribution in [2.75, 3.05) is 18.8 Å². The molecule has 2 N–H and O–H groups in total. The highest BCUT2D eigenvalue weighted by Gasteiger charge is 2.44. The summed E-state index contributed by atoms with van der Waals surface area (Å²) < 4.78 is 38.4. The molecule has 1 saturated heterocycles. The minimum absolute atomic E-state index is 0.109. The van der Waals surface area contributed by atoms with Gasteiger partial charge in [0.1, 0.15) is 6.17 Å². The van der Waals surface area contributed by atoms with E-state index in [9.17, 15) is 12.8 Å². The van der Waals surface area contributed by atoms with Crippen molar-refractivity contribution in [3.8, 4) is 0 Å². The number of anilines is 1. The maximum Gasteiger partial charge on any atom is 0.182 e. The molecule has 2 aliphatic rings. The molecule has 7 heteroatoms. The molecule has 0 amide bonds. The van der Waals surface area contributed by atoms with Gasteiger partial charge >= 0.3 is 0 Å². The van der Waals surface area contributed by atoms with Gasteiger partial charge in [-0.25, -0.2) is 12.8 Å². The highest BCUT2D eigenvalue weighted by molar-refractivity contribution is 7.92. The zero-order valence-corrected chi connectivity index (χ0v) is 13.1. The molecule has 1 aromatic rings. The van der Waals surface area contributed by atoms with Crippen LogP contribution >= 0.6 is 11.6 Å². The number of benzene rings is 1. The highest BCUT2D eigenvalue weighted by Crippen LogP contribution is 2.38. The zero-order chi connectivity index (χ0) is 15.2. The minimum Gasteiger partial charge on any atom is -0.399 e. The van der Waals surface area contributed by atoms with Gasteiger partial charge in [0, 0.05) is 24.8 Å². The van der Waals surface area contributed by atoms with Crippen molar-refractivity contribution in [2.45, 2.75) is 41.6 Å². The van der Waals surface area contributed by atoms with Gasteiger partial charge in [0.15, 0.2) is 9.84 Å². The van der Waals surface area contributed by atoms with Crippen LogP contribution in [0.1, 0.15) is 19.3 Å². The van der Waals surface area contributed by atoms with Gasteiger partial charge < -0.3 is 5.73 Å². The molecule has 1 heterocycles. The number of rotatable bonds is 3. The molecule has 0 unspecified atom stereocenters. The first-order valence-corrected chi connectivity index (χ1v) is 8.97. The van der Waals surface area contributed by atoms with E-state index in [1.54, 1.807) is 6.07 Å². The predicted molar refractivity (Wildman–Crippen MR) is 80.9 cm³/mol. The second-order valence-corrected chi connectivity index (χ2v) is 8.47. The Morgan fingerprint density at radius 1 is 1.33 bits per heavy atom. The Balaban J connectivity index is 1.72. The quantitative estimate of drug-likeness (QED) is 0.862. The fraction of sp³-hybridized carbons (Fsp3) is 0.571. The number of sulfone groups is 1. The van der Waals surface area contributed by atoms with Crippen molar-refractivity contribution in [2.24, 2.45) is 0 Å². The Bertz CT molecular complexity index is 646. The van der Waals surface area contributed by atoms with Gasteiger partial charge in [-0.05, 0) is 37.5 Å². The van der Waals surface area contributed by atoms with Gasteiger partial charge in [0.25, 0.3) is 0 Å². The highest BCUT2D eigenvalue weighted by atomic mass is 35.5. The van der Waals surface area contributed by atoms with Crippen LogP contribution in [0.5, 0.6) is 0 Å². The first-order chi connectivity index (χ1) is 9.88. The Labute approximate surface area is 129 Å². The number of hydrogen-bond donors (Lipinski definition) is 1. The Kier molecular flexibility index (Phi) is 3.88. The molecular formula is C14H18ClFN2O2S. The van der Waals surface area contributed by atoms with Crippen LogP contribution in [-0.4, -0.2) is 43.9 Å². The fourth-order valence-electron chi connectivity index (χ4n) is 3.08. The molecule has 1 aliphatic carbocycles. The van der Waals surface area contributed by atoms with Crippen molar-refractivity contribution < 1.29 is 12.8 Å². The molecule has 0 aromatic heterocycles. The summed E-state index contributed by atoms with van der Waals surface area (Å²) in [5, 5.41) is -0.238. The summed E-state index contributed by atoms with van der Waals surface area (Å²) in [6.07, 6.45) is 0.860. The molecule has 0 spiro atoms. The summed E-state index contributed by atoms with van der Waals surface area (Å²) in [5.41, 5.74) is 6.04. The lowest BCUT2D eigenvalue weighted by atomic mass is 9.91. The van der Waals surface area contributed by atoms with Crippen molar-refractivity contribution in [1.82, 2.24) is 4.90 Å². The van der Waals surface area contributed by atoms with E-state index in [1.807, 2.05) is 0 Å². The molecule has 3 rings (SSSR count). The van der Waals surface area contributed by atoms with Gasteiger partial charge in [0.05, 0.1) is 15.2 Å². The van der Waals surface area contributed by atoms with Crippen molar-refractivity contribution in [3.63, 3.8) is 0 Å². The molecule has 0 bridgehead atoms. The van der Waals surface area contributed by atoms with Crippen LogP contribution < -0.4 is 5.73 Å². The SMILES string of the molecule is Nc1ccc(Cl)c(S(=O)(=O)C2CC(N3CC[C@@H](F)C3)C2)c1. The summed E-state index contributed by atoms with van der Waals surface area (Å²) in [6.45, 7) is 1.15. The number of nitrogen functional groups attached to an aromatic ring is 1. The smallest absolute Gasteiger partial charge is 0.182 e. The number of alkyl halides is 1. The molecule has 4 nitrogen and oxygen atoms in total. The normalized spacial score (nSPS) is 30.3. The average molecular weight is 333 g/mol. The Morgan fingerprint density at radius 3 is 2.67 bits per heavy atom. The number of hydrogen-bond acceptors (Lipinski definition) is 4. The van der Waals surface area contributed by atoms with Gasteiger partial charge in [-0.1, -0.05) is 11.6 Å². The van der Waals surface area contributed by atoms with E-state index < -0.39 is 21.3 Å². The lowest BCUT2D eigenvalue weighted by molar-refractivity contribution is 0.150. The molecule has 2 fully saturated rings. The molecule has 21 heavy (non-hydrogen) atoms. The first-order valence-electron chi connectivity index (χ1n) is 7.05. The lowest BCUT2D eigenvalue weighted by Crippen LogP contribution is -2.49.